The molecule has 70 valence electrons. The number of hydrogen-bond acceptors (Lipinski definition) is 1. The Balaban J connectivity index is 2.08. The number of rotatable bonds is 1. The van der Waals surface area contributed by atoms with Gasteiger partial charge >= 0.3 is 0 Å². The van der Waals surface area contributed by atoms with Crippen LogP contribution < -0.4 is 0 Å². The maximum absolute atomic E-state index is 4.18. The first-order chi connectivity index (χ1) is 6.36. The van der Waals surface area contributed by atoms with E-state index in [1.807, 2.05) is 12.4 Å². The summed E-state index contributed by atoms with van der Waals surface area (Å²) in [5.41, 5.74) is 1.44. The molecule has 0 aliphatic heterocycles. The van der Waals surface area contributed by atoms with E-state index in [1.165, 1.54) is 31.2 Å². The smallest absolute Gasteiger partial charge is 0.0302 e. The topological polar surface area (TPSA) is 12.9 Å². The van der Waals surface area contributed by atoms with Crippen LogP contribution in [0.1, 0.15) is 44.1 Å². The fourth-order valence-electron chi connectivity index (χ4n) is 2.35. The third kappa shape index (κ3) is 2.09. The van der Waals surface area contributed by atoms with Crippen molar-refractivity contribution in [2.75, 3.05) is 0 Å². The Bertz CT molecular complexity index is 255. The van der Waals surface area contributed by atoms with Crippen LogP contribution in [-0.4, -0.2) is 4.98 Å². The summed E-state index contributed by atoms with van der Waals surface area (Å²) in [7, 11) is 0. The van der Waals surface area contributed by atoms with Crippen molar-refractivity contribution in [1.29, 1.82) is 0 Å². The van der Waals surface area contributed by atoms with Crippen LogP contribution in [0.4, 0.5) is 0 Å². The summed E-state index contributed by atoms with van der Waals surface area (Å²) < 4.78 is 0. The third-order valence-corrected chi connectivity index (χ3v) is 3.09. The monoisotopic (exact) mass is 175 g/mol. The maximum atomic E-state index is 4.18. The van der Waals surface area contributed by atoms with Crippen LogP contribution in [0, 0.1) is 5.92 Å². The Morgan fingerprint density at radius 1 is 1.38 bits per heavy atom. The Morgan fingerprint density at radius 3 is 3.00 bits per heavy atom. The predicted octanol–water partition coefficient (Wildman–Crippen LogP) is 3.38. The molecular formula is C12H17N. The van der Waals surface area contributed by atoms with E-state index in [2.05, 4.69) is 24.0 Å². The number of aromatic nitrogens is 1. The summed E-state index contributed by atoms with van der Waals surface area (Å²) in [6, 6.07) is 4.27. The molecule has 1 aliphatic rings. The summed E-state index contributed by atoms with van der Waals surface area (Å²) in [5, 5.41) is 0. The van der Waals surface area contributed by atoms with Gasteiger partial charge in [0.1, 0.15) is 0 Å². The molecule has 0 spiro atoms. The summed E-state index contributed by atoms with van der Waals surface area (Å²) in [5.74, 6) is 1.68. The van der Waals surface area contributed by atoms with Gasteiger partial charge in [0, 0.05) is 12.4 Å². The molecule has 2 unspecified atom stereocenters. The van der Waals surface area contributed by atoms with Gasteiger partial charge in [0.25, 0.3) is 0 Å². The Hall–Kier alpha value is -0.850. The standard InChI is InChI=1S/C12H17N/c1-10-4-2-5-11(8-10)12-6-3-7-13-9-12/h3,6-7,9-11H,2,4-5,8H2,1H3. The third-order valence-electron chi connectivity index (χ3n) is 3.09. The molecule has 1 aromatic heterocycles. The van der Waals surface area contributed by atoms with Crippen molar-refractivity contribution in [3.8, 4) is 0 Å². The van der Waals surface area contributed by atoms with Crippen molar-refractivity contribution < 1.29 is 0 Å². The molecule has 0 radical (unpaired) electrons. The van der Waals surface area contributed by atoms with Gasteiger partial charge in [0.05, 0.1) is 0 Å². The molecule has 0 aromatic carbocycles. The highest BCUT2D eigenvalue weighted by atomic mass is 14.6. The van der Waals surface area contributed by atoms with Crippen molar-refractivity contribution in [2.24, 2.45) is 5.92 Å². The molecule has 1 aromatic rings. The van der Waals surface area contributed by atoms with Crippen LogP contribution in [0.3, 0.4) is 0 Å². The maximum Gasteiger partial charge on any atom is 0.0302 e. The predicted molar refractivity (Wildman–Crippen MR) is 54.6 cm³/mol. The molecule has 1 nitrogen and oxygen atoms in total. The van der Waals surface area contributed by atoms with Gasteiger partial charge in [-0.25, -0.2) is 0 Å². The van der Waals surface area contributed by atoms with Gasteiger partial charge in [-0.15, -0.1) is 0 Å². The van der Waals surface area contributed by atoms with Gasteiger partial charge in [-0.3, -0.25) is 4.98 Å². The van der Waals surface area contributed by atoms with Gasteiger partial charge in [-0.1, -0.05) is 25.8 Å². The van der Waals surface area contributed by atoms with Crippen LogP contribution in [-0.2, 0) is 0 Å². The molecule has 0 amide bonds. The fraction of sp³-hybridized carbons (Fsp3) is 0.583. The second kappa shape index (κ2) is 3.91. The van der Waals surface area contributed by atoms with Crippen LogP contribution in [0.5, 0.6) is 0 Å². The average Bonchev–Trinajstić information content (AvgIpc) is 2.19. The first-order valence-electron chi connectivity index (χ1n) is 5.26. The van der Waals surface area contributed by atoms with E-state index in [-0.39, 0.29) is 0 Å². The highest BCUT2D eigenvalue weighted by Crippen LogP contribution is 2.35. The number of hydrogen-bond donors (Lipinski definition) is 0. The Labute approximate surface area is 80.2 Å². The van der Waals surface area contributed by atoms with Gasteiger partial charge in [-0.2, -0.15) is 0 Å². The molecule has 0 bridgehead atoms. The lowest BCUT2D eigenvalue weighted by Crippen LogP contribution is -2.11. The largest absolute Gasteiger partial charge is 0.264 e. The highest BCUT2D eigenvalue weighted by molar-refractivity contribution is 5.15. The van der Waals surface area contributed by atoms with E-state index in [0.717, 1.165) is 11.8 Å². The molecule has 0 saturated heterocycles. The van der Waals surface area contributed by atoms with Crippen LogP contribution >= 0.6 is 0 Å². The lowest BCUT2D eigenvalue weighted by Gasteiger charge is -2.26. The van der Waals surface area contributed by atoms with Crippen molar-refractivity contribution in [3.05, 3.63) is 30.1 Å². The van der Waals surface area contributed by atoms with Crippen molar-refractivity contribution in [3.63, 3.8) is 0 Å². The highest BCUT2D eigenvalue weighted by Gasteiger charge is 2.19. The van der Waals surface area contributed by atoms with Crippen LogP contribution in [0.25, 0.3) is 0 Å². The van der Waals surface area contributed by atoms with E-state index in [9.17, 15) is 0 Å². The molecule has 0 N–H and O–H groups in total. The van der Waals surface area contributed by atoms with E-state index >= 15 is 0 Å². The minimum atomic E-state index is 0.775. The fourth-order valence-corrected chi connectivity index (χ4v) is 2.35. The summed E-state index contributed by atoms with van der Waals surface area (Å²) >= 11 is 0. The van der Waals surface area contributed by atoms with Crippen LogP contribution in [0.2, 0.25) is 0 Å². The zero-order chi connectivity index (χ0) is 9.10. The molecule has 1 heteroatoms. The van der Waals surface area contributed by atoms with Gasteiger partial charge in [0.15, 0.2) is 0 Å². The summed E-state index contributed by atoms with van der Waals surface area (Å²) in [4.78, 5) is 4.18. The number of pyridine rings is 1. The quantitative estimate of drug-likeness (QED) is 0.637. The molecule has 1 aliphatic carbocycles. The molecule has 2 rings (SSSR count). The van der Waals surface area contributed by atoms with Crippen molar-refractivity contribution >= 4 is 0 Å². The van der Waals surface area contributed by atoms with Gasteiger partial charge in [0.2, 0.25) is 0 Å². The summed E-state index contributed by atoms with van der Waals surface area (Å²) in [6.45, 7) is 2.36. The van der Waals surface area contributed by atoms with Gasteiger partial charge in [-0.05, 0) is 36.3 Å². The number of nitrogens with zero attached hydrogens (tertiary/aromatic N) is 1. The minimum Gasteiger partial charge on any atom is -0.264 e. The van der Waals surface area contributed by atoms with Crippen molar-refractivity contribution in [2.45, 2.75) is 38.5 Å². The second-order valence-electron chi connectivity index (χ2n) is 4.26. The molecule has 13 heavy (non-hydrogen) atoms. The SMILES string of the molecule is CC1CCCC(c2cccnc2)C1. The summed E-state index contributed by atoms with van der Waals surface area (Å²) in [6.07, 6.45) is 9.40. The molecular weight excluding hydrogens is 158 g/mol. The molecule has 2 atom stereocenters. The van der Waals surface area contributed by atoms with Crippen molar-refractivity contribution in [1.82, 2.24) is 4.98 Å². The zero-order valence-corrected chi connectivity index (χ0v) is 8.24. The first kappa shape index (κ1) is 8.74. The Morgan fingerprint density at radius 2 is 2.31 bits per heavy atom. The van der Waals surface area contributed by atoms with E-state index in [4.69, 9.17) is 0 Å². The molecule has 1 saturated carbocycles. The second-order valence-corrected chi connectivity index (χ2v) is 4.26. The van der Waals surface area contributed by atoms with E-state index in [0.29, 0.717) is 0 Å². The molecule has 1 fully saturated rings. The first-order valence-corrected chi connectivity index (χ1v) is 5.26. The average molecular weight is 175 g/mol. The van der Waals surface area contributed by atoms with Gasteiger partial charge < -0.3 is 0 Å². The lowest BCUT2D eigenvalue weighted by atomic mass is 9.79. The molecule has 1 heterocycles. The minimum absolute atomic E-state index is 0.775. The normalized spacial score (nSPS) is 28.7. The Kier molecular flexibility index (Phi) is 2.62. The van der Waals surface area contributed by atoms with E-state index < -0.39 is 0 Å². The van der Waals surface area contributed by atoms with E-state index in [1.54, 1.807) is 0 Å². The van der Waals surface area contributed by atoms with Crippen LogP contribution in [0.15, 0.2) is 24.5 Å². The lowest BCUT2D eigenvalue weighted by molar-refractivity contribution is 0.343. The zero-order valence-electron chi connectivity index (χ0n) is 8.24.